The number of nitrogens with zero attached hydrogens (tertiary/aromatic N) is 3. The fourth-order valence-corrected chi connectivity index (χ4v) is 2.16. The van der Waals surface area contributed by atoms with Crippen LogP contribution in [0.15, 0.2) is 12.3 Å². The van der Waals surface area contributed by atoms with Crippen LogP contribution in [0.25, 0.3) is 0 Å². The summed E-state index contributed by atoms with van der Waals surface area (Å²) in [6.45, 7) is 4.41. The van der Waals surface area contributed by atoms with Gasteiger partial charge in [0.25, 0.3) is 0 Å². The molecule has 1 saturated heterocycles. The molecule has 0 saturated carbocycles. The lowest BCUT2D eigenvalue weighted by atomic mass is 10.1. The van der Waals surface area contributed by atoms with E-state index in [0.717, 1.165) is 39.0 Å². The average molecular weight is 265 g/mol. The molecule has 0 radical (unpaired) electrons. The normalized spacial score (nSPS) is 19.4. The van der Waals surface area contributed by atoms with Crippen molar-refractivity contribution >= 4 is 11.9 Å². The zero-order chi connectivity index (χ0) is 13.7. The van der Waals surface area contributed by atoms with Crippen LogP contribution in [0.5, 0.6) is 0 Å². The van der Waals surface area contributed by atoms with E-state index in [1.54, 1.807) is 0 Å². The van der Waals surface area contributed by atoms with Crippen LogP contribution in [-0.2, 0) is 4.74 Å². The lowest BCUT2D eigenvalue weighted by Gasteiger charge is -2.32. The van der Waals surface area contributed by atoms with Gasteiger partial charge in [-0.3, -0.25) is 0 Å². The third kappa shape index (κ3) is 3.64. The van der Waals surface area contributed by atoms with Gasteiger partial charge in [-0.05, 0) is 25.3 Å². The maximum absolute atomic E-state index is 10.9. The second kappa shape index (κ2) is 6.47. The number of hydrogen-bond donors (Lipinski definition) is 1. The van der Waals surface area contributed by atoms with Crippen LogP contribution >= 0.6 is 0 Å². The highest BCUT2D eigenvalue weighted by Crippen LogP contribution is 2.18. The van der Waals surface area contributed by atoms with Crippen LogP contribution in [0.4, 0.5) is 5.95 Å². The number of anilines is 1. The molecule has 2 heterocycles. The molecule has 6 heteroatoms. The Hall–Kier alpha value is -1.69. The van der Waals surface area contributed by atoms with Crippen molar-refractivity contribution < 1.29 is 14.6 Å². The zero-order valence-corrected chi connectivity index (χ0v) is 11.1. The Labute approximate surface area is 112 Å². The van der Waals surface area contributed by atoms with E-state index in [4.69, 9.17) is 9.84 Å². The number of aromatic nitrogens is 2. The van der Waals surface area contributed by atoms with Gasteiger partial charge in [0.2, 0.25) is 5.95 Å². The summed E-state index contributed by atoms with van der Waals surface area (Å²) in [5.41, 5.74) is 0.0293. The van der Waals surface area contributed by atoms with Crippen LogP contribution in [-0.4, -0.2) is 46.8 Å². The fourth-order valence-electron chi connectivity index (χ4n) is 2.16. The molecule has 1 aliphatic heterocycles. The van der Waals surface area contributed by atoms with Crippen LogP contribution < -0.4 is 4.90 Å². The predicted octanol–water partition coefficient (Wildman–Crippen LogP) is 1.57. The van der Waals surface area contributed by atoms with Crippen molar-refractivity contribution in [3.8, 4) is 0 Å². The van der Waals surface area contributed by atoms with Crippen molar-refractivity contribution in [3.05, 3.63) is 18.0 Å². The first-order valence-corrected chi connectivity index (χ1v) is 6.63. The van der Waals surface area contributed by atoms with Gasteiger partial charge in [-0.2, -0.15) is 0 Å². The SMILES string of the molecule is CCCOC1CCCN(c2nccc(C(=O)O)n2)C1. The number of piperidine rings is 1. The first kappa shape index (κ1) is 13.7. The molecular formula is C13H19N3O3. The summed E-state index contributed by atoms with van der Waals surface area (Å²) >= 11 is 0. The van der Waals surface area contributed by atoms with E-state index < -0.39 is 5.97 Å². The Morgan fingerprint density at radius 1 is 1.63 bits per heavy atom. The molecule has 1 N–H and O–H groups in total. The molecule has 0 bridgehead atoms. The minimum atomic E-state index is -1.03. The highest BCUT2D eigenvalue weighted by Gasteiger charge is 2.22. The lowest BCUT2D eigenvalue weighted by Crippen LogP contribution is -2.40. The van der Waals surface area contributed by atoms with E-state index in [2.05, 4.69) is 16.9 Å². The first-order valence-electron chi connectivity index (χ1n) is 6.63. The van der Waals surface area contributed by atoms with Crippen molar-refractivity contribution in [3.63, 3.8) is 0 Å². The van der Waals surface area contributed by atoms with Crippen molar-refractivity contribution in [1.29, 1.82) is 0 Å². The highest BCUT2D eigenvalue weighted by molar-refractivity contribution is 5.85. The molecule has 1 aliphatic rings. The van der Waals surface area contributed by atoms with Crippen molar-refractivity contribution in [2.24, 2.45) is 0 Å². The monoisotopic (exact) mass is 265 g/mol. The van der Waals surface area contributed by atoms with Crippen molar-refractivity contribution in [1.82, 2.24) is 9.97 Å². The molecule has 1 fully saturated rings. The van der Waals surface area contributed by atoms with Crippen LogP contribution in [0.3, 0.4) is 0 Å². The Morgan fingerprint density at radius 2 is 2.47 bits per heavy atom. The largest absolute Gasteiger partial charge is 0.477 e. The number of carboxylic acids is 1. The summed E-state index contributed by atoms with van der Waals surface area (Å²) in [5.74, 6) is -0.552. The third-order valence-electron chi connectivity index (χ3n) is 3.08. The molecule has 0 spiro atoms. The zero-order valence-electron chi connectivity index (χ0n) is 11.1. The number of carbonyl (C=O) groups is 1. The van der Waals surface area contributed by atoms with E-state index in [1.807, 2.05) is 4.90 Å². The molecule has 6 nitrogen and oxygen atoms in total. The van der Waals surface area contributed by atoms with E-state index >= 15 is 0 Å². The number of ether oxygens (including phenoxy) is 1. The molecule has 0 aliphatic carbocycles. The maximum Gasteiger partial charge on any atom is 0.354 e. The van der Waals surface area contributed by atoms with E-state index in [9.17, 15) is 4.79 Å². The summed E-state index contributed by atoms with van der Waals surface area (Å²) in [5, 5.41) is 8.94. The molecule has 0 aromatic carbocycles. The number of carboxylic acid groups (broad SMARTS) is 1. The van der Waals surface area contributed by atoms with Crippen LogP contribution in [0, 0.1) is 0 Å². The van der Waals surface area contributed by atoms with Gasteiger partial charge < -0.3 is 14.7 Å². The summed E-state index contributed by atoms with van der Waals surface area (Å²) in [7, 11) is 0. The minimum Gasteiger partial charge on any atom is -0.477 e. The molecule has 1 unspecified atom stereocenters. The van der Waals surface area contributed by atoms with Gasteiger partial charge in [0, 0.05) is 25.9 Å². The molecule has 1 atom stereocenters. The maximum atomic E-state index is 10.9. The first-order chi connectivity index (χ1) is 9.20. The van der Waals surface area contributed by atoms with Gasteiger partial charge in [0.05, 0.1) is 6.10 Å². The van der Waals surface area contributed by atoms with Crippen molar-refractivity contribution in [2.75, 3.05) is 24.6 Å². The molecular weight excluding hydrogens is 246 g/mol. The van der Waals surface area contributed by atoms with E-state index in [0.29, 0.717) is 5.95 Å². The van der Waals surface area contributed by atoms with Gasteiger partial charge in [0.1, 0.15) is 0 Å². The van der Waals surface area contributed by atoms with Gasteiger partial charge in [-0.1, -0.05) is 6.92 Å². The average Bonchev–Trinajstić information content (AvgIpc) is 2.45. The van der Waals surface area contributed by atoms with Crippen LogP contribution in [0.2, 0.25) is 0 Å². The Balaban J connectivity index is 2.04. The third-order valence-corrected chi connectivity index (χ3v) is 3.08. The second-order valence-corrected chi connectivity index (χ2v) is 4.63. The number of aromatic carboxylic acids is 1. The number of rotatable bonds is 5. The summed E-state index contributed by atoms with van der Waals surface area (Å²) in [6.07, 6.45) is 4.72. The van der Waals surface area contributed by atoms with Crippen molar-refractivity contribution in [2.45, 2.75) is 32.3 Å². The molecule has 1 aromatic rings. The van der Waals surface area contributed by atoms with Gasteiger partial charge >= 0.3 is 5.97 Å². The molecule has 0 amide bonds. The molecule has 1 aromatic heterocycles. The molecule has 19 heavy (non-hydrogen) atoms. The Kier molecular flexibility index (Phi) is 4.68. The minimum absolute atomic E-state index is 0.0293. The summed E-state index contributed by atoms with van der Waals surface area (Å²) in [6, 6.07) is 1.40. The van der Waals surface area contributed by atoms with E-state index in [1.165, 1.54) is 12.3 Å². The molecule has 104 valence electrons. The van der Waals surface area contributed by atoms with Gasteiger partial charge in [-0.15, -0.1) is 0 Å². The second-order valence-electron chi connectivity index (χ2n) is 4.63. The Bertz CT molecular complexity index is 439. The fraction of sp³-hybridized carbons (Fsp3) is 0.615. The molecule has 2 rings (SSSR count). The van der Waals surface area contributed by atoms with E-state index in [-0.39, 0.29) is 11.8 Å². The van der Waals surface area contributed by atoms with Gasteiger partial charge in [-0.25, -0.2) is 14.8 Å². The van der Waals surface area contributed by atoms with Gasteiger partial charge in [0.15, 0.2) is 5.69 Å². The standard InChI is InChI=1S/C13H19N3O3/c1-2-8-19-10-4-3-7-16(9-10)13-14-6-5-11(15-13)12(17)18/h5-6,10H,2-4,7-9H2,1H3,(H,17,18). The number of hydrogen-bond acceptors (Lipinski definition) is 5. The predicted molar refractivity (Wildman–Crippen MR) is 70.5 cm³/mol. The lowest BCUT2D eigenvalue weighted by molar-refractivity contribution is 0.0437. The summed E-state index contributed by atoms with van der Waals surface area (Å²) < 4.78 is 5.75. The Morgan fingerprint density at radius 3 is 3.21 bits per heavy atom. The quantitative estimate of drug-likeness (QED) is 0.871. The highest BCUT2D eigenvalue weighted by atomic mass is 16.5. The summed E-state index contributed by atoms with van der Waals surface area (Å²) in [4.78, 5) is 21.1. The topological polar surface area (TPSA) is 75.5 Å². The van der Waals surface area contributed by atoms with Crippen LogP contribution in [0.1, 0.15) is 36.7 Å². The smallest absolute Gasteiger partial charge is 0.354 e.